The van der Waals surface area contributed by atoms with E-state index >= 15 is 0 Å². The van der Waals surface area contributed by atoms with Gasteiger partial charge in [-0.25, -0.2) is 0 Å². The van der Waals surface area contributed by atoms with Crippen LogP contribution < -0.4 is 10.6 Å². The lowest BCUT2D eigenvalue weighted by molar-refractivity contribution is 0.205. The second-order valence-electron chi connectivity index (χ2n) is 4.45. The maximum absolute atomic E-state index is 8.75. The van der Waals surface area contributed by atoms with Crippen LogP contribution in [-0.4, -0.2) is 36.6 Å². The number of nitrogens with two attached hydrogens (primary N) is 1. The molecule has 0 bridgehead atoms. The van der Waals surface area contributed by atoms with E-state index in [-0.39, 0.29) is 0 Å². The summed E-state index contributed by atoms with van der Waals surface area (Å²) in [7, 11) is 3.55. The number of rotatable bonds is 8. The number of nitrogen functional groups attached to an aromatic ring is 1. The molecular formula is C13H23N5O. The summed E-state index contributed by atoms with van der Waals surface area (Å²) >= 11 is 0. The molecule has 0 saturated carbocycles. The van der Waals surface area contributed by atoms with Gasteiger partial charge in [0.15, 0.2) is 5.82 Å². The van der Waals surface area contributed by atoms with Gasteiger partial charge in [0.25, 0.3) is 0 Å². The van der Waals surface area contributed by atoms with Gasteiger partial charge >= 0.3 is 0 Å². The highest BCUT2D eigenvalue weighted by Crippen LogP contribution is 2.27. The summed E-state index contributed by atoms with van der Waals surface area (Å²) in [5.41, 5.74) is 7.84. The molecule has 6 heteroatoms. The lowest BCUT2D eigenvalue weighted by atomic mass is 10.2. The Morgan fingerprint density at radius 3 is 2.79 bits per heavy atom. The van der Waals surface area contributed by atoms with Crippen molar-refractivity contribution in [2.45, 2.75) is 26.2 Å². The third-order valence-electron chi connectivity index (χ3n) is 2.97. The summed E-state index contributed by atoms with van der Waals surface area (Å²) in [5.74, 6) is 0.885. The van der Waals surface area contributed by atoms with Crippen LogP contribution in [-0.2, 0) is 18.2 Å². The first-order valence-electron chi connectivity index (χ1n) is 6.57. The number of ether oxygens (including phenoxy) is 1. The molecule has 0 saturated heterocycles. The smallest absolute Gasteiger partial charge is 0.150 e. The molecule has 106 valence electrons. The van der Waals surface area contributed by atoms with Crippen molar-refractivity contribution < 1.29 is 4.74 Å². The zero-order valence-corrected chi connectivity index (χ0v) is 12.0. The van der Waals surface area contributed by atoms with Gasteiger partial charge in [-0.3, -0.25) is 4.68 Å². The molecule has 1 heterocycles. The first-order chi connectivity index (χ1) is 9.15. The Morgan fingerprint density at radius 2 is 2.21 bits per heavy atom. The molecule has 0 fully saturated rings. The molecule has 0 aromatic carbocycles. The third kappa shape index (κ3) is 3.86. The van der Waals surface area contributed by atoms with E-state index in [1.54, 1.807) is 11.8 Å². The molecule has 2 N–H and O–H groups in total. The van der Waals surface area contributed by atoms with Crippen LogP contribution in [0.25, 0.3) is 0 Å². The van der Waals surface area contributed by atoms with Crippen molar-refractivity contribution in [3.8, 4) is 6.07 Å². The molecule has 0 unspecified atom stereocenters. The zero-order chi connectivity index (χ0) is 14.3. The summed E-state index contributed by atoms with van der Waals surface area (Å²) in [6, 6.07) is 2.16. The van der Waals surface area contributed by atoms with Gasteiger partial charge in [-0.15, -0.1) is 0 Å². The van der Waals surface area contributed by atoms with Crippen LogP contribution in [0.5, 0.6) is 0 Å². The van der Waals surface area contributed by atoms with Crippen molar-refractivity contribution >= 4 is 11.5 Å². The molecule has 1 rings (SSSR count). The average Bonchev–Trinajstić information content (AvgIpc) is 2.66. The van der Waals surface area contributed by atoms with E-state index in [9.17, 15) is 0 Å². The van der Waals surface area contributed by atoms with Crippen molar-refractivity contribution in [3.05, 3.63) is 5.69 Å². The fraction of sp³-hybridized carbons (Fsp3) is 0.692. The maximum Gasteiger partial charge on any atom is 0.150 e. The first kappa shape index (κ1) is 15.3. The largest absolute Gasteiger partial charge is 0.394 e. The summed E-state index contributed by atoms with van der Waals surface area (Å²) in [6.45, 7) is 4.04. The van der Waals surface area contributed by atoms with Crippen molar-refractivity contribution in [2.75, 3.05) is 37.4 Å². The van der Waals surface area contributed by atoms with Crippen LogP contribution >= 0.6 is 0 Å². The lowest BCUT2D eigenvalue weighted by Gasteiger charge is -2.23. The Morgan fingerprint density at radius 1 is 1.47 bits per heavy atom. The molecule has 1 aromatic rings. The molecule has 6 nitrogen and oxygen atoms in total. The van der Waals surface area contributed by atoms with Crippen molar-refractivity contribution in [3.63, 3.8) is 0 Å². The van der Waals surface area contributed by atoms with Crippen LogP contribution in [0.2, 0.25) is 0 Å². The molecule has 0 atom stereocenters. The summed E-state index contributed by atoms with van der Waals surface area (Å²) in [5, 5.41) is 13.2. The minimum atomic E-state index is 0.456. The quantitative estimate of drug-likeness (QED) is 0.766. The summed E-state index contributed by atoms with van der Waals surface area (Å²) in [4.78, 5) is 2.06. The SMILES string of the molecule is CCCc1nn(C)c(N(CCC#N)CCOC)c1N. The standard InChI is InChI=1S/C13H23N5O/c1-4-6-11-12(15)13(17(2)16-11)18(8-5-7-14)9-10-19-3/h4-6,8-10,15H2,1-3H3. The number of aryl methyl sites for hydroxylation is 2. The van der Waals surface area contributed by atoms with Gasteiger partial charge in [-0.2, -0.15) is 10.4 Å². The number of hydrogen-bond acceptors (Lipinski definition) is 5. The van der Waals surface area contributed by atoms with Crippen LogP contribution in [0.15, 0.2) is 0 Å². The van der Waals surface area contributed by atoms with E-state index in [0.717, 1.165) is 30.0 Å². The summed E-state index contributed by atoms with van der Waals surface area (Å²) < 4.78 is 6.91. The number of anilines is 2. The zero-order valence-electron chi connectivity index (χ0n) is 12.0. The topological polar surface area (TPSA) is 80.1 Å². The Balaban J connectivity index is 2.96. The summed E-state index contributed by atoms with van der Waals surface area (Å²) in [6.07, 6.45) is 2.34. The number of nitrogens with zero attached hydrogens (tertiary/aromatic N) is 4. The predicted octanol–water partition coefficient (Wildman–Crippen LogP) is 1.32. The van der Waals surface area contributed by atoms with Gasteiger partial charge in [0.2, 0.25) is 0 Å². The van der Waals surface area contributed by atoms with Crippen LogP contribution in [0.4, 0.5) is 11.5 Å². The molecule has 1 aromatic heterocycles. The molecule has 0 amide bonds. The molecule has 0 radical (unpaired) electrons. The monoisotopic (exact) mass is 265 g/mol. The van der Waals surface area contributed by atoms with Gasteiger partial charge in [0, 0.05) is 27.2 Å². The van der Waals surface area contributed by atoms with Gasteiger partial charge < -0.3 is 15.4 Å². The minimum absolute atomic E-state index is 0.456. The number of nitriles is 1. The highest BCUT2D eigenvalue weighted by Gasteiger charge is 2.18. The third-order valence-corrected chi connectivity index (χ3v) is 2.97. The van der Waals surface area contributed by atoms with E-state index in [0.29, 0.717) is 26.1 Å². The number of hydrogen-bond donors (Lipinski definition) is 1. The van der Waals surface area contributed by atoms with E-state index in [2.05, 4.69) is 23.0 Å². The Hall–Kier alpha value is -1.74. The first-order valence-corrected chi connectivity index (χ1v) is 6.57. The van der Waals surface area contributed by atoms with Gasteiger partial charge in [-0.05, 0) is 6.42 Å². The Kier molecular flexibility index (Phi) is 6.16. The predicted molar refractivity (Wildman–Crippen MR) is 75.9 cm³/mol. The highest BCUT2D eigenvalue weighted by atomic mass is 16.5. The number of methoxy groups -OCH3 is 1. The van der Waals surface area contributed by atoms with Crippen LogP contribution in [0.3, 0.4) is 0 Å². The molecule has 0 aliphatic carbocycles. The minimum Gasteiger partial charge on any atom is -0.394 e. The van der Waals surface area contributed by atoms with Crippen molar-refractivity contribution in [1.29, 1.82) is 5.26 Å². The Bertz CT molecular complexity index is 435. The molecule has 0 spiro atoms. The normalized spacial score (nSPS) is 10.4. The van der Waals surface area contributed by atoms with Gasteiger partial charge in [0.1, 0.15) is 0 Å². The van der Waals surface area contributed by atoms with Crippen molar-refractivity contribution in [1.82, 2.24) is 9.78 Å². The molecule has 0 aliphatic rings. The fourth-order valence-corrected chi connectivity index (χ4v) is 2.09. The van der Waals surface area contributed by atoms with E-state index in [4.69, 9.17) is 15.7 Å². The highest BCUT2D eigenvalue weighted by molar-refractivity contribution is 5.66. The second-order valence-corrected chi connectivity index (χ2v) is 4.45. The second kappa shape index (κ2) is 7.64. The van der Waals surface area contributed by atoms with Crippen LogP contribution in [0, 0.1) is 11.3 Å². The maximum atomic E-state index is 8.75. The fourth-order valence-electron chi connectivity index (χ4n) is 2.09. The van der Waals surface area contributed by atoms with E-state index in [1.165, 1.54) is 0 Å². The van der Waals surface area contributed by atoms with Gasteiger partial charge in [-0.1, -0.05) is 13.3 Å². The molecule has 0 aliphatic heterocycles. The average molecular weight is 265 g/mol. The number of aromatic nitrogens is 2. The van der Waals surface area contributed by atoms with E-state index in [1.807, 2.05) is 7.05 Å². The van der Waals surface area contributed by atoms with E-state index < -0.39 is 0 Å². The van der Waals surface area contributed by atoms with Crippen molar-refractivity contribution in [2.24, 2.45) is 7.05 Å². The molecular weight excluding hydrogens is 242 g/mol. The lowest BCUT2D eigenvalue weighted by Crippen LogP contribution is -2.30. The van der Waals surface area contributed by atoms with Crippen LogP contribution in [0.1, 0.15) is 25.5 Å². The Labute approximate surface area is 114 Å². The van der Waals surface area contributed by atoms with Gasteiger partial charge in [0.05, 0.1) is 30.5 Å². The molecule has 19 heavy (non-hydrogen) atoms.